The number of amides is 1. The maximum atomic E-state index is 13.3. The number of carbonyl (C=O) groups excluding carboxylic acids is 1. The summed E-state index contributed by atoms with van der Waals surface area (Å²) in [4.78, 5) is 31.2. The van der Waals surface area contributed by atoms with E-state index in [9.17, 15) is 9.59 Å². The quantitative estimate of drug-likeness (QED) is 0.396. The van der Waals surface area contributed by atoms with Crippen molar-refractivity contribution < 1.29 is 4.79 Å². The zero-order chi connectivity index (χ0) is 24.5. The molecular formula is C28H27N5O2. The molecule has 0 aliphatic rings. The van der Waals surface area contributed by atoms with Crippen LogP contribution in [0, 0.1) is 0 Å². The van der Waals surface area contributed by atoms with Crippen LogP contribution in [0.15, 0.2) is 83.8 Å². The molecule has 0 aliphatic heterocycles. The number of anilines is 1. The fourth-order valence-electron chi connectivity index (χ4n) is 4.54. The second-order valence-electron chi connectivity index (χ2n) is 8.86. The minimum absolute atomic E-state index is 0.0786. The zero-order valence-corrected chi connectivity index (χ0v) is 19.9. The maximum absolute atomic E-state index is 13.3. The van der Waals surface area contributed by atoms with Gasteiger partial charge in [-0.2, -0.15) is 5.10 Å². The molecule has 176 valence electrons. The third-order valence-corrected chi connectivity index (χ3v) is 6.45. The Morgan fingerprint density at radius 3 is 2.34 bits per heavy atom. The van der Waals surface area contributed by atoms with Crippen LogP contribution in [0.3, 0.4) is 0 Å². The normalized spacial score (nSPS) is 12.1. The highest BCUT2D eigenvalue weighted by molar-refractivity contribution is 6.04. The van der Waals surface area contributed by atoms with Crippen LogP contribution in [-0.2, 0) is 7.05 Å². The summed E-state index contributed by atoms with van der Waals surface area (Å²) in [5.41, 5.74) is 4.37. The number of fused-ring (bicyclic) bond motifs is 2. The van der Waals surface area contributed by atoms with Crippen molar-refractivity contribution in [3.63, 3.8) is 0 Å². The molecule has 7 nitrogen and oxygen atoms in total. The lowest BCUT2D eigenvalue weighted by Gasteiger charge is -2.20. The molecule has 0 saturated heterocycles. The molecule has 1 unspecified atom stereocenters. The van der Waals surface area contributed by atoms with E-state index in [1.807, 2.05) is 38.5 Å². The van der Waals surface area contributed by atoms with E-state index in [0.717, 1.165) is 27.7 Å². The maximum Gasteiger partial charge on any atom is 0.274 e. The summed E-state index contributed by atoms with van der Waals surface area (Å²) in [6.07, 6.45) is 2.02. The van der Waals surface area contributed by atoms with E-state index in [2.05, 4.69) is 50.6 Å². The van der Waals surface area contributed by atoms with Crippen molar-refractivity contribution in [2.75, 3.05) is 25.5 Å². The SMILES string of the molecule is CN(C)c1ccc(C(CNC(=O)c2nn(C)c(=O)c3ccccc23)c2c[nH]c3ccccc23)cc1. The Morgan fingerprint density at radius 2 is 1.63 bits per heavy atom. The first-order valence-electron chi connectivity index (χ1n) is 11.5. The van der Waals surface area contributed by atoms with Crippen molar-refractivity contribution in [3.05, 3.63) is 106 Å². The van der Waals surface area contributed by atoms with Gasteiger partial charge in [-0.1, -0.05) is 48.5 Å². The minimum Gasteiger partial charge on any atom is -0.378 e. The van der Waals surface area contributed by atoms with Crippen molar-refractivity contribution in [3.8, 4) is 0 Å². The van der Waals surface area contributed by atoms with E-state index in [1.165, 1.54) is 4.68 Å². The van der Waals surface area contributed by atoms with Crippen LogP contribution in [0.2, 0.25) is 0 Å². The van der Waals surface area contributed by atoms with E-state index in [4.69, 9.17) is 0 Å². The van der Waals surface area contributed by atoms with E-state index in [0.29, 0.717) is 17.3 Å². The zero-order valence-electron chi connectivity index (χ0n) is 19.9. The Bertz CT molecular complexity index is 1580. The van der Waals surface area contributed by atoms with Crippen molar-refractivity contribution in [2.24, 2.45) is 7.05 Å². The first-order chi connectivity index (χ1) is 16.9. The summed E-state index contributed by atoms with van der Waals surface area (Å²) in [7, 11) is 5.58. The molecule has 0 spiro atoms. The monoisotopic (exact) mass is 465 g/mol. The van der Waals surface area contributed by atoms with Crippen molar-refractivity contribution in [1.29, 1.82) is 0 Å². The lowest BCUT2D eigenvalue weighted by molar-refractivity contribution is 0.0947. The largest absolute Gasteiger partial charge is 0.378 e. The average Bonchev–Trinajstić information content (AvgIpc) is 3.30. The number of hydrogen-bond acceptors (Lipinski definition) is 4. The molecule has 3 aromatic carbocycles. The van der Waals surface area contributed by atoms with Crippen molar-refractivity contribution in [2.45, 2.75) is 5.92 Å². The molecular weight excluding hydrogens is 438 g/mol. The van der Waals surface area contributed by atoms with Crippen LogP contribution in [0.25, 0.3) is 21.7 Å². The second-order valence-corrected chi connectivity index (χ2v) is 8.86. The third kappa shape index (κ3) is 4.17. The Hall–Kier alpha value is -4.39. The molecule has 2 N–H and O–H groups in total. The Morgan fingerprint density at radius 1 is 0.971 bits per heavy atom. The van der Waals surface area contributed by atoms with Crippen molar-refractivity contribution in [1.82, 2.24) is 20.1 Å². The predicted octanol–water partition coefficient (Wildman–Crippen LogP) is 4.04. The molecule has 5 rings (SSSR count). The summed E-state index contributed by atoms with van der Waals surface area (Å²) < 4.78 is 1.22. The van der Waals surface area contributed by atoms with E-state index in [-0.39, 0.29) is 23.1 Å². The summed E-state index contributed by atoms with van der Waals surface area (Å²) >= 11 is 0. The van der Waals surface area contributed by atoms with Gasteiger partial charge in [0.1, 0.15) is 0 Å². The van der Waals surface area contributed by atoms with Gasteiger partial charge in [0, 0.05) is 61.8 Å². The van der Waals surface area contributed by atoms with Crippen LogP contribution in [-0.4, -0.2) is 41.3 Å². The minimum atomic E-state index is -0.313. The number of rotatable bonds is 6. The van der Waals surface area contributed by atoms with E-state index in [1.54, 1.807) is 31.3 Å². The fraction of sp³-hybridized carbons (Fsp3) is 0.179. The van der Waals surface area contributed by atoms with Crippen LogP contribution in [0.5, 0.6) is 0 Å². The summed E-state index contributed by atoms with van der Waals surface area (Å²) in [5.74, 6) is -0.392. The number of para-hydroxylation sites is 1. The molecule has 0 radical (unpaired) electrons. The molecule has 35 heavy (non-hydrogen) atoms. The topological polar surface area (TPSA) is 83.0 Å². The lowest BCUT2D eigenvalue weighted by atomic mass is 9.90. The number of nitrogens with zero attached hydrogens (tertiary/aromatic N) is 3. The summed E-state index contributed by atoms with van der Waals surface area (Å²) in [6, 6.07) is 23.6. The Labute approximate surface area is 203 Å². The number of aromatic nitrogens is 3. The molecule has 2 aromatic heterocycles. The number of benzene rings is 3. The summed E-state index contributed by atoms with van der Waals surface area (Å²) in [5, 5.41) is 9.50. The van der Waals surface area contributed by atoms with Gasteiger partial charge in [0.25, 0.3) is 11.5 Å². The van der Waals surface area contributed by atoms with Crippen LogP contribution in [0.1, 0.15) is 27.5 Å². The number of aromatic amines is 1. The number of carbonyl (C=O) groups is 1. The molecule has 0 bridgehead atoms. The van der Waals surface area contributed by atoms with Gasteiger partial charge in [0.05, 0.1) is 5.39 Å². The molecule has 1 amide bonds. The molecule has 7 heteroatoms. The Kier molecular flexibility index (Phi) is 5.82. The molecule has 5 aromatic rings. The molecule has 0 aliphatic carbocycles. The number of aryl methyl sites for hydroxylation is 1. The molecule has 1 atom stereocenters. The Balaban J connectivity index is 1.51. The van der Waals surface area contributed by atoms with Gasteiger partial charge in [0.15, 0.2) is 5.69 Å². The smallest absolute Gasteiger partial charge is 0.274 e. The van der Waals surface area contributed by atoms with Gasteiger partial charge in [0.2, 0.25) is 0 Å². The molecule has 0 fully saturated rings. The van der Waals surface area contributed by atoms with E-state index < -0.39 is 0 Å². The van der Waals surface area contributed by atoms with Gasteiger partial charge in [-0.05, 0) is 35.4 Å². The summed E-state index contributed by atoms with van der Waals surface area (Å²) in [6.45, 7) is 0.376. The van der Waals surface area contributed by atoms with Crippen molar-refractivity contribution >= 4 is 33.3 Å². The average molecular weight is 466 g/mol. The molecule has 2 heterocycles. The van der Waals surface area contributed by atoms with Gasteiger partial charge >= 0.3 is 0 Å². The van der Waals surface area contributed by atoms with Gasteiger partial charge in [-0.25, -0.2) is 4.68 Å². The van der Waals surface area contributed by atoms with Gasteiger partial charge in [-0.15, -0.1) is 0 Å². The first-order valence-corrected chi connectivity index (χ1v) is 11.5. The highest BCUT2D eigenvalue weighted by Crippen LogP contribution is 2.31. The van der Waals surface area contributed by atoms with Gasteiger partial charge in [-0.3, -0.25) is 9.59 Å². The van der Waals surface area contributed by atoms with Crippen LogP contribution in [0.4, 0.5) is 5.69 Å². The van der Waals surface area contributed by atoms with Crippen LogP contribution < -0.4 is 15.8 Å². The highest BCUT2D eigenvalue weighted by Gasteiger charge is 2.21. The van der Waals surface area contributed by atoms with Gasteiger partial charge < -0.3 is 15.2 Å². The number of hydrogen-bond donors (Lipinski definition) is 2. The standard InChI is InChI=1S/C28H27N5O2/c1-32(2)19-14-12-18(13-15-19)23(24-17-29-25-11-7-6-8-20(24)25)16-30-27(34)26-21-9-4-5-10-22(21)28(35)33(3)31-26/h4-15,17,23,29H,16H2,1-3H3,(H,30,34). The fourth-order valence-corrected chi connectivity index (χ4v) is 4.54. The van der Waals surface area contributed by atoms with E-state index >= 15 is 0 Å². The van der Waals surface area contributed by atoms with Crippen LogP contribution >= 0.6 is 0 Å². The second kappa shape index (κ2) is 9.10. The first kappa shape index (κ1) is 22.4. The lowest BCUT2D eigenvalue weighted by Crippen LogP contribution is -2.32. The molecule has 0 saturated carbocycles. The third-order valence-electron chi connectivity index (χ3n) is 6.45. The predicted molar refractivity (Wildman–Crippen MR) is 140 cm³/mol. The number of nitrogens with one attached hydrogen (secondary N) is 2. The number of H-pyrrole nitrogens is 1. The highest BCUT2D eigenvalue weighted by atomic mass is 16.2.